The number of hydrogen-bond donors (Lipinski definition) is 2. The number of H-pyrrole nitrogens is 1. The monoisotopic (exact) mass is 375 g/mol. The molecular weight excluding hydrogens is 365 g/mol. The summed E-state index contributed by atoms with van der Waals surface area (Å²) in [6.45, 7) is 0. The number of halogens is 2. The molecule has 25 heavy (non-hydrogen) atoms. The quantitative estimate of drug-likeness (QED) is 0.688. The molecule has 6 nitrogen and oxygen atoms in total. The summed E-state index contributed by atoms with van der Waals surface area (Å²) in [5.74, 6) is -0.556. The third kappa shape index (κ3) is 3.50. The normalized spacial score (nSPS) is 11.1. The zero-order valence-electron chi connectivity index (χ0n) is 12.6. The maximum absolute atomic E-state index is 12.1. The molecule has 0 atom stereocenters. The first-order chi connectivity index (χ1) is 12.0. The van der Waals surface area contributed by atoms with Crippen molar-refractivity contribution in [1.82, 2.24) is 9.55 Å². The number of aliphatic imine (C=N–C) groups is 1. The second kappa shape index (κ2) is 6.96. The van der Waals surface area contributed by atoms with Crippen LogP contribution >= 0.6 is 23.2 Å². The lowest BCUT2D eigenvalue weighted by Gasteiger charge is -2.10. The number of benzene rings is 2. The lowest BCUT2D eigenvalue weighted by Crippen LogP contribution is -2.31. The maximum atomic E-state index is 12.1. The standard InChI is InChI=1S/C17H11Cl2N3O3/c18-10-5-7-11(8-6-10)20-9-12-15(23)21-17(25)22(16(12)24)14-4-2-1-3-13(14)19/h1-9,24H,(H,21,23,25). The van der Waals surface area contributed by atoms with E-state index in [0.29, 0.717) is 10.7 Å². The van der Waals surface area contributed by atoms with Gasteiger partial charge in [0.05, 0.1) is 16.4 Å². The van der Waals surface area contributed by atoms with Gasteiger partial charge in [0.1, 0.15) is 5.56 Å². The predicted molar refractivity (Wildman–Crippen MR) is 98.0 cm³/mol. The highest BCUT2D eigenvalue weighted by Gasteiger charge is 2.15. The lowest BCUT2D eigenvalue weighted by molar-refractivity contribution is 0.430. The van der Waals surface area contributed by atoms with E-state index in [1.54, 1.807) is 48.5 Å². The number of para-hydroxylation sites is 1. The third-order valence-corrected chi connectivity index (χ3v) is 3.96. The van der Waals surface area contributed by atoms with Crippen molar-refractivity contribution in [3.63, 3.8) is 0 Å². The molecule has 0 aliphatic rings. The van der Waals surface area contributed by atoms with E-state index in [-0.39, 0.29) is 16.3 Å². The smallest absolute Gasteiger partial charge is 0.335 e. The minimum absolute atomic E-state index is 0.172. The summed E-state index contributed by atoms with van der Waals surface area (Å²) in [5, 5.41) is 11.2. The highest BCUT2D eigenvalue weighted by molar-refractivity contribution is 6.32. The number of aromatic hydroxyl groups is 1. The molecular formula is C17H11Cl2N3O3. The van der Waals surface area contributed by atoms with Crippen LogP contribution < -0.4 is 11.2 Å². The number of aromatic amines is 1. The summed E-state index contributed by atoms with van der Waals surface area (Å²) in [4.78, 5) is 30.4. The first-order valence-corrected chi connectivity index (χ1v) is 7.86. The van der Waals surface area contributed by atoms with Crippen molar-refractivity contribution in [3.05, 3.63) is 85.0 Å². The number of aromatic nitrogens is 2. The number of rotatable bonds is 3. The van der Waals surface area contributed by atoms with Crippen LogP contribution in [0.2, 0.25) is 10.0 Å². The Morgan fingerprint density at radius 2 is 1.72 bits per heavy atom. The van der Waals surface area contributed by atoms with Crippen LogP contribution in [0.15, 0.2) is 63.1 Å². The summed E-state index contributed by atoms with van der Waals surface area (Å²) in [7, 11) is 0. The Labute approximate surface area is 151 Å². The van der Waals surface area contributed by atoms with Crippen LogP contribution in [0, 0.1) is 0 Å². The Balaban J connectivity index is 2.14. The molecule has 0 spiro atoms. The van der Waals surface area contributed by atoms with Gasteiger partial charge in [0.15, 0.2) is 0 Å². The van der Waals surface area contributed by atoms with Gasteiger partial charge in [-0.3, -0.25) is 14.8 Å². The molecule has 1 heterocycles. The van der Waals surface area contributed by atoms with Crippen molar-refractivity contribution in [2.24, 2.45) is 4.99 Å². The summed E-state index contributed by atoms with van der Waals surface area (Å²) < 4.78 is 0.910. The molecule has 8 heteroatoms. The van der Waals surface area contributed by atoms with E-state index in [2.05, 4.69) is 9.98 Å². The van der Waals surface area contributed by atoms with Gasteiger partial charge in [-0.05, 0) is 36.4 Å². The zero-order chi connectivity index (χ0) is 18.0. The van der Waals surface area contributed by atoms with E-state index in [0.717, 1.165) is 4.57 Å². The van der Waals surface area contributed by atoms with Crippen LogP contribution in [0.1, 0.15) is 5.56 Å². The van der Waals surface area contributed by atoms with Gasteiger partial charge >= 0.3 is 5.69 Å². The van der Waals surface area contributed by atoms with E-state index < -0.39 is 17.1 Å². The Bertz CT molecular complexity index is 1070. The van der Waals surface area contributed by atoms with Crippen molar-refractivity contribution in [3.8, 4) is 11.6 Å². The van der Waals surface area contributed by atoms with Gasteiger partial charge in [0.25, 0.3) is 5.56 Å². The molecule has 0 radical (unpaired) electrons. The molecule has 1 aromatic heterocycles. The minimum atomic E-state index is -0.806. The van der Waals surface area contributed by atoms with E-state index in [9.17, 15) is 14.7 Å². The molecule has 0 aliphatic heterocycles. The first-order valence-electron chi connectivity index (χ1n) is 7.10. The predicted octanol–water partition coefficient (Wildman–Crippen LogP) is 3.29. The Morgan fingerprint density at radius 3 is 2.40 bits per heavy atom. The Kier molecular flexibility index (Phi) is 4.74. The van der Waals surface area contributed by atoms with E-state index in [4.69, 9.17) is 23.2 Å². The van der Waals surface area contributed by atoms with E-state index in [1.165, 1.54) is 6.21 Å². The maximum Gasteiger partial charge on any atom is 0.335 e. The number of nitrogens with zero attached hydrogens (tertiary/aromatic N) is 2. The molecule has 0 bridgehead atoms. The van der Waals surface area contributed by atoms with Crippen molar-refractivity contribution in [2.45, 2.75) is 0 Å². The molecule has 0 amide bonds. The van der Waals surface area contributed by atoms with Crippen LogP contribution in [0.25, 0.3) is 5.69 Å². The third-order valence-electron chi connectivity index (χ3n) is 3.38. The Hall–Kier alpha value is -2.83. The van der Waals surface area contributed by atoms with Crippen LogP contribution in [-0.4, -0.2) is 20.9 Å². The van der Waals surface area contributed by atoms with Gasteiger partial charge in [-0.1, -0.05) is 35.3 Å². The summed E-state index contributed by atoms with van der Waals surface area (Å²) >= 11 is 11.9. The molecule has 0 saturated heterocycles. The fourth-order valence-electron chi connectivity index (χ4n) is 2.18. The van der Waals surface area contributed by atoms with Crippen molar-refractivity contribution in [2.75, 3.05) is 0 Å². The lowest BCUT2D eigenvalue weighted by atomic mass is 10.2. The molecule has 3 aromatic rings. The zero-order valence-corrected chi connectivity index (χ0v) is 14.1. The van der Waals surface area contributed by atoms with Crippen LogP contribution in [0.5, 0.6) is 5.88 Å². The SMILES string of the molecule is O=c1[nH]c(=O)n(-c2ccccc2Cl)c(O)c1C=Nc1ccc(Cl)cc1. The molecule has 0 saturated carbocycles. The largest absolute Gasteiger partial charge is 0.493 e. The van der Waals surface area contributed by atoms with Gasteiger partial charge in [0, 0.05) is 11.2 Å². The fourth-order valence-corrected chi connectivity index (χ4v) is 2.52. The molecule has 2 N–H and O–H groups in total. The van der Waals surface area contributed by atoms with Crippen molar-refractivity contribution < 1.29 is 5.11 Å². The second-order valence-electron chi connectivity index (χ2n) is 5.02. The molecule has 0 unspecified atom stereocenters. The second-order valence-corrected chi connectivity index (χ2v) is 5.86. The van der Waals surface area contributed by atoms with Crippen LogP contribution in [0.4, 0.5) is 5.69 Å². The number of hydrogen-bond acceptors (Lipinski definition) is 4. The molecule has 0 aliphatic carbocycles. The molecule has 126 valence electrons. The van der Waals surface area contributed by atoms with E-state index >= 15 is 0 Å². The average molecular weight is 376 g/mol. The summed E-state index contributed by atoms with van der Waals surface area (Å²) in [6.07, 6.45) is 1.17. The molecule has 3 rings (SSSR count). The minimum Gasteiger partial charge on any atom is -0.493 e. The molecule has 0 fully saturated rings. The molecule has 2 aromatic carbocycles. The van der Waals surface area contributed by atoms with Crippen LogP contribution in [-0.2, 0) is 0 Å². The summed E-state index contributed by atoms with van der Waals surface area (Å²) in [6, 6.07) is 13.0. The highest BCUT2D eigenvalue weighted by Crippen LogP contribution is 2.23. The first kappa shape index (κ1) is 17.0. The van der Waals surface area contributed by atoms with Gasteiger partial charge in [-0.2, -0.15) is 0 Å². The van der Waals surface area contributed by atoms with Gasteiger partial charge in [0.2, 0.25) is 5.88 Å². The number of nitrogens with one attached hydrogen (secondary N) is 1. The van der Waals surface area contributed by atoms with E-state index in [1.807, 2.05) is 0 Å². The topological polar surface area (TPSA) is 87.5 Å². The van der Waals surface area contributed by atoms with Crippen LogP contribution in [0.3, 0.4) is 0 Å². The fraction of sp³-hybridized carbons (Fsp3) is 0. The van der Waals surface area contributed by atoms with Gasteiger partial charge < -0.3 is 5.11 Å². The highest BCUT2D eigenvalue weighted by atomic mass is 35.5. The van der Waals surface area contributed by atoms with Gasteiger partial charge in [-0.15, -0.1) is 0 Å². The van der Waals surface area contributed by atoms with Crippen molar-refractivity contribution in [1.29, 1.82) is 0 Å². The van der Waals surface area contributed by atoms with Gasteiger partial charge in [-0.25, -0.2) is 9.36 Å². The Morgan fingerprint density at radius 1 is 1.04 bits per heavy atom. The average Bonchev–Trinajstić information content (AvgIpc) is 2.57. The summed E-state index contributed by atoms with van der Waals surface area (Å²) in [5.41, 5.74) is -0.972. The van der Waals surface area contributed by atoms with Crippen molar-refractivity contribution >= 4 is 35.1 Å².